The lowest BCUT2D eigenvalue weighted by molar-refractivity contribution is 0.263. The fourth-order valence-corrected chi connectivity index (χ4v) is 2.00. The summed E-state index contributed by atoms with van der Waals surface area (Å²) < 4.78 is 5.37. The van der Waals surface area contributed by atoms with Crippen LogP contribution in [0.2, 0.25) is 0 Å². The monoisotopic (exact) mass is 237 g/mol. The Kier molecular flexibility index (Phi) is 4.97. The molecule has 0 saturated heterocycles. The normalized spacial score (nSPS) is 14.4. The second-order valence-electron chi connectivity index (χ2n) is 4.63. The van der Waals surface area contributed by atoms with Crippen LogP contribution < -0.4 is 10.5 Å². The molecule has 1 aromatic carbocycles. The average molecular weight is 237 g/mol. The van der Waals surface area contributed by atoms with Gasteiger partial charge in [-0.05, 0) is 37.8 Å². The van der Waals surface area contributed by atoms with Gasteiger partial charge < -0.3 is 15.6 Å². The Hall–Kier alpha value is -1.06. The van der Waals surface area contributed by atoms with E-state index in [0.29, 0.717) is 6.42 Å². The Balaban J connectivity index is 3.07. The van der Waals surface area contributed by atoms with Crippen molar-refractivity contribution in [1.82, 2.24) is 0 Å². The molecule has 0 spiro atoms. The molecule has 0 fully saturated rings. The Bertz CT molecular complexity index is 361. The maximum Gasteiger partial charge on any atom is 0.123 e. The minimum Gasteiger partial charge on any atom is -0.496 e. The molecular formula is C14H23NO2. The van der Waals surface area contributed by atoms with Crippen LogP contribution in [-0.2, 0) is 12.0 Å². The van der Waals surface area contributed by atoms with E-state index in [9.17, 15) is 0 Å². The van der Waals surface area contributed by atoms with E-state index >= 15 is 0 Å². The van der Waals surface area contributed by atoms with E-state index in [-0.39, 0.29) is 6.61 Å². The lowest BCUT2D eigenvalue weighted by Crippen LogP contribution is -2.33. The second kappa shape index (κ2) is 6.03. The summed E-state index contributed by atoms with van der Waals surface area (Å²) in [6, 6.07) is 6.14. The van der Waals surface area contributed by atoms with Crippen LogP contribution in [0.3, 0.4) is 0 Å². The molecule has 0 aliphatic rings. The molecule has 1 unspecified atom stereocenters. The fourth-order valence-electron chi connectivity index (χ4n) is 2.00. The van der Waals surface area contributed by atoms with E-state index < -0.39 is 5.54 Å². The summed E-state index contributed by atoms with van der Waals surface area (Å²) >= 11 is 0. The summed E-state index contributed by atoms with van der Waals surface area (Å²) in [4.78, 5) is 0. The summed E-state index contributed by atoms with van der Waals surface area (Å²) in [7, 11) is 1.66. The van der Waals surface area contributed by atoms with Crippen LogP contribution in [0.1, 0.15) is 37.8 Å². The van der Waals surface area contributed by atoms with E-state index in [1.54, 1.807) is 7.11 Å². The molecule has 3 N–H and O–H groups in total. The smallest absolute Gasteiger partial charge is 0.123 e. The van der Waals surface area contributed by atoms with Gasteiger partial charge in [0.25, 0.3) is 0 Å². The third-order valence-corrected chi connectivity index (χ3v) is 3.14. The van der Waals surface area contributed by atoms with E-state index in [1.807, 2.05) is 13.0 Å². The van der Waals surface area contributed by atoms with Crippen molar-refractivity contribution in [3.05, 3.63) is 29.3 Å². The van der Waals surface area contributed by atoms with Crippen LogP contribution in [0.25, 0.3) is 0 Å². The van der Waals surface area contributed by atoms with Crippen LogP contribution in [0.4, 0.5) is 0 Å². The van der Waals surface area contributed by atoms with Crippen molar-refractivity contribution in [3.63, 3.8) is 0 Å². The first-order valence-corrected chi connectivity index (χ1v) is 6.12. The summed E-state index contributed by atoms with van der Waals surface area (Å²) in [5.41, 5.74) is 8.15. The molecule has 17 heavy (non-hydrogen) atoms. The standard InChI is InChI=1S/C14H23NO2/c1-4-11-6-7-13(17-3)12(10-11)14(2,15)8-5-9-16/h6-7,10,16H,4-5,8-9,15H2,1-3H3. The number of aryl methyl sites for hydroxylation is 1. The number of methoxy groups -OCH3 is 1. The Morgan fingerprint density at radius 1 is 1.41 bits per heavy atom. The number of rotatable bonds is 6. The second-order valence-corrected chi connectivity index (χ2v) is 4.63. The van der Waals surface area contributed by atoms with Gasteiger partial charge in [0.15, 0.2) is 0 Å². The van der Waals surface area contributed by atoms with E-state index in [2.05, 4.69) is 19.1 Å². The van der Waals surface area contributed by atoms with Crippen molar-refractivity contribution >= 4 is 0 Å². The molecular weight excluding hydrogens is 214 g/mol. The van der Waals surface area contributed by atoms with Crippen molar-refractivity contribution in [3.8, 4) is 5.75 Å². The Labute approximate surface area is 104 Å². The van der Waals surface area contributed by atoms with Gasteiger partial charge in [0.2, 0.25) is 0 Å². The van der Waals surface area contributed by atoms with E-state index in [4.69, 9.17) is 15.6 Å². The first kappa shape index (κ1) is 14.0. The van der Waals surface area contributed by atoms with Crippen molar-refractivity contribution in [1.29, 1.82) is 0 Å². The molecule has 3 heteroatoms. The van der Waals surface area contributed by atoms with Crippen LogP contribution >= 0.6 is 0 Å². The number of hydrogen-bond donors (Lipinski definition) is 2. The van der Waals surface area contributed by atoms with Crippen LogP contribution in [0.15, 0.2) is 18.2 Å². The first-order chi connectivity index (χ1) is 8.05. The minimum atomic E-state index is -0.459. The molecule has 96 valence electrons. The topological polar surface area (TPSA) is 55.5 Å². The van der Waals surface area contributed by atoms with Gasteiger partial charge in [0, 0.05) is 17.7 Å². The molecule has 0 heterocycles. The summed E-state index contributed by atoms with van der Waals surface area (Å²) in [6.45, 7) is 4.27. The predicted octanol–water partition coefficient (Wildman–Crippen LogP) is 2.20. The molecule has 0 aromatic heterocycles. The molecule has 1 atom stereocenters. The van der Waals surface area contributed by atoms with Gasteiger partial charge in [-0.3, -0.25) is 0 Å². The van der Waals surface area contributed by atoms with Gasteiger partial charge in [-0.1, -0.05) is 19.1 Å². The van der Waals surface area contributed by atoms with Crippen molar-refractivity contribution in [2.75, 3.05) is 13.7 Å². The minimum absolute atomic E-state index is 0.169. The summed E-state index contributed by atoms with van der Waals surface area (Å²) in [6.07, 6.45) is 2.42. The Morgan fingerprint density at radius 2 is 2.12 bits per heavy atom. The van der Waals surface area contributed by atoms with E-state index in [1.165, 1.54) is 5.56 Å². The predicted molar refractivity (Wildman–Crippen MR) is 70.2 cm³/mol. The molecule has 1 aromatic rings. The van der Waals surface area contributed by atoms with Crippen molar-refractivity contribution < 1.29 is 9.84 Å². The van der Waals surface area contributed by atoms with E-state index in [0.717, 1.165) is 24.2 Å². The van der Waals surface area contributed by atoms with Gasteiger partial charge in [-0.15, -0.1) is 0 Å². The Morgan fingerprint density at radius 3 is 2.65 bits per heavy atom. The maximum absolute atomic E-state index is 8.92. The molecule has 0 saturated carbocycles. The van der Waals surface area contributed by atoms with Gasteiger partial charge in [0.1, 0.15) is 5.75 Å². The highest BCUT2D eigenvalue weighted by molar-refractivity contribution is 5.41. The SMILES string of the molecule is CCc1ccc(OC)c(C(C)(N)CCCO)c1. The fraction of sp³-hybridized carbons (Fsp3) is 0.571. The first-order valence-electron chi connectivity index (χ1n) is 6.12. The van der Waals surface area contributed by atoms with Gasteiger partial charge in [-0.25, -0.2) is 0 Å². The molecule has 0 bridgehead atoms. The molecule has 0 radical (unpaired) electrons. The molecule has 0 aliphatic heterocycles. The van der Waals surface area contributed by atoms with Gasteiger partial charge in [-0.2, -0.15) is 0 Å². The summed E-state index contributed by atoms with van der Waals surface area (Å²) in [5, 5.41) is 8.92. The molecule has 3 nitrogen and oxygen atoms in total. The van der Waals surface area contributed by atoms with Gasteiger partial charge >= 0.3 is 0 Å². The lowest BCUT2D eigenvalue weighted by atomic mass is 9.86. The highest BCUT2D eigenvalue weighted by Gasteiger charge is 2.24. The zero-order chi connectivity index (χ0) is 12.9. The number of aliphatic hydroxyl groups is 1. The largest absolute Gasteiger partial charge is 0.496 e. The van der Waals surface area contributed by atoms with Crippen molar-refractivity contribution in [2.45, 2.75) is 38.6 Å². The number of hydrogen-bond acceptors (Lipinski definition) is 3. The molecule has 0 amide bonds. The van der Waals surface area contributed by atoms with Crippen LogP contribution in [0, 0.1) is 0 Å². The lowest BCUT2D eigenvalue weighted by Gasteiger charge is -2.27. The third kappa shape index (κ3) is 3.45. The highest BCUT2D eigenvalue weighted by atomic mass is 16.5. The zero-order valence-electron chi connectivity index (χ0n) is 11.0. The number of benzene rings is 1. The van der Waals surface area contributed by atoms with Crippen LogP contribution in [-0.4, -0.2) is 18.8 Å². The molecule has 1 rings (SSSR count). The zero-order valence-corrected chi connectivity index (χ0v) is 11.0. The van der Waals surface area contributed by atoms with Gasteiger partial charge in [0.05, 0.1) is 7.11 Å². The number of nitrogens with two attached hydrogens (primary N) is 1. The van der Waals surface area contributed by atoms with Crippen LogP contribution in [0.5, 0.6) is 5.75 Å². The molecule has 0 aliphatic carbocycles. The quantitative estimate of drug-likeness (QED) is 0.797. The van der Waals surface area contributed by atoms with Crippen molar-refractivity contribution in [2.24, 2.45) is 5.73 Å². The number of ether oxygens (including phenoxy) is 1. The summed E-state index contributed by atoms with van der Waals surface area (Å²) in [5.74, 6) is 0.824. The average Bonchev–Trinajstić information content (AvgIpc) is 2.35. The third-order valence-electron chi connectivity index (χ3n) is 3.14. The highest BCUT2D eigenvalue weighted by Crippen LogP contribution is 2.32. The maximum atomic E-state index is 8.92. The number of aliphatic hydroxyl groups excluding tert-OH is 1.